The van der Waals surface area contributed by atoms with Crippen molar-refractivity contribution in [3.05, 3.63) is 53.1 Å². The highest BCUT2D eigenvalue weighted by Crippen LogP contribution is 2.08. The van der Waals surface area contributed by atoms with Gasteiger partial charge in [0.2, 0.25) is 5.91 Å². The number of carbonyl (C=O) groups is 1. The smallest absolute Gasteiger partial charge is 0.243 e. The molecule has 0 fully saturated rings. The molecular weight excluding hydrogens is 294 g/mol. The molecule has 0 atom stereocenters. The van der Waals surface area contributed by atoms with Gasteiger partial charge in [0.05, 0.1) is 5.03 Å². The van der Waals surface area contributed by atoms with Crippen LogP contribution < -0.4 is 5.32 Å². The molecule has 1 aromatic rings. The van der Waals surface area contributed by atoms with Gasteiger partial charge in [-0.15, -0.1) is 0 Å². The van der Waals surface area contributed by atoms with Crippen LogP contribution in [-0.2, 0) is 4.79 Å². The van der Waals surface area contributed by atoms with E-state index in [2.05, 4.69) is 31.0 Å². The number of rotatable bonds is 6. The van der Waals surface area contributed by atoms with Crippen LogP contribution in [0, 0.1) is 17.8 Å². The van der Waals surface area contributed by atoms with Gasteiger partial charge in [-0.3, -0.25) is 4.79 Å². The molecule has 0 bridgehead atoms. The highest BCUT2D eigenvalue weighted by atomic mass is 35.5. The molecule has 0 radical (unpaired) electrons. The van der Waals surface area contributed by atoms with E-state index in [4.69, 9.17) is 11.6 Å². The van der Waals surface area contributed by atoms with Gasteiger partial charge in [0.15, 0.2) is 0 Å². The number of allylic oxidation sites excluding steroid dienone is 2. The average Bonchev–Trinajstić information content (AvgIpc) is 2.49. The number of hydrogen-bond donors (Lipinski definition) is 1. The first-order chi connectivity index (χ1) is 10.6. The summed E-state index contributed by atoms with van der Waals surface area (Å²) in [5.74, 6) is 6.31. The number of amides is 1. The van der Waals surface area contributed by atoms with Crippen LogP contribution in [0.5, 0.6) is 0 Å². The molecule has 3 heteroatoms. The molecule has 116 valence electrons. The van der Waals surface area contributed by atoms with E-state index in [1.807, 2.05) is 42.5 Å². The lowest BCUT2D eigenvalue weighted by Crippen LogP contribution is -2.25. The first kappa shape index (κ1) is 18.1. The summed E-state index contributed by atoms with van der Waals surface area (Å²) in [6.07, 6.45) is 6.64. The summed E-state index contributed by atoms with van der Waals surface area (Å²) in [6, 6.07) is 9.82. The molecule has 0 spiro atoms. The monoisotopic (exact) mass is 315 g/mol. The summed E-state index contributed by atoms with van der Waals surface area (Å²) in [5, 5.41) is 3.34. The lowest BCUT2D eigenvalue weighted by atomic mass is 10.2. The van der Waals surface area contributed by atoms with Crippen molar-refractivity contribution < 1.29 is 4.79 Å². The molecule has 2 nitrogen and oxygen atoms in total. The highest BCUT2D eigenvalue weighted by Gasteiger charge is 1.96. The minimum absolute atomic E-state index is 0.0522. The number of carbonyl (C=O) groups excluding carboxylic acids is 1. The lowest BCUT2D eigenvalue weighted by Gasteiger charge is -2.03. The number of nitrogens with one attached hydrogen (secondary N) is 1. The van der Waals surface area contributed by atoms with Crippen LogP contribution in [0.25, 0.3) is 6.08 Å². The third-order valence-electron chi connectivity index (χ3n) is 2.69. The Morgan fingerprint density at radius 3 is 2.73 bits per heavy atom. The van der Waals surface area contributed by atoms with Gasteiger partial charge in [-0.1, -0.05) is 73.7 Å². The molecule has 0 saturated carbocycles. The van der Waals surface area contributed by atoms with E-state index < -0.39 is 0 Å². The molecule has 22 heavy (non-hydrogen) atoms. The van der Waals surface area contributed by atoms with Gasteiger partial charge in [-0.05, 0) is 30.1 Å². The van der Waals surface area contributed by atoms with Crippen molar-refractivity contribution in [2.75, 3.05) is 6.54 Å². The Labute approximate surface area is 138 Å². The standard InChI is InChI=1S/C19H22ClNO/c1-16(2)15-21-19(22)13-9-4-3-8-12-18(20)14-17-10-6-5-7-11-17/h5-7,9-11,13-14,16H,3-4,15H2,1-2H3,(H,21,22). The maximum Gasteiger partial charge on any atom is 0.243 e. The van der Waals surface area contributed by atoms with Gasteiger partial charge in [-0.2, -0.15) is 0 Å². The second kappa shape index (κ2) is 10.7. The highest BCUT2D eigenvalue weighted by molar-refractivity contribution is 6.34. The molecule has 0 saturated heterocycles. The van der Waals surface area contributed by atoms with Crippen molar-refractivity contribution in [2.24, 2.45) is 5.92 Å². The Balaban J connectivity index is 2.30. The van der Waals surface area contributed by atoms with Crippen LogP contribution in [-0.4, -0.2) is 12.5 Å². The second-order valence-electron chi connectivity index (χ2n) is 5.28. The van der Waals surface area contributed by atoms with Crippen LogP contribution in [0.1, 0.15) is 32.3 Å². The molecule has 0 aliphatic carbocycles. The average molecular weight is 316 g/mol. The number of halogens is 1. The summed E-state index contributed by atoms with van der Waals surface area (Å²) in [7, 11) is 0. The summed E-state index contributed by atoms with van der Waals surface area (Å²) in [6.45, 7) is 4.82. The molecule has 1 rings (SSSR count). The van der Waals surface area contributed by atoms with Gasteiger partial charge >= 0.3 is 0 Å². The van der Waals surface area contributed by atoms with E-state index in [9.17, 15) is 4.79 Å². The van der Waals surface area contributed by atoms with Gasteiger partial charge in [-0.25, -0.2) is 0 Å². The fraction of sp³-hybridized carbons (Fsp3) is 0.316. The predicted octanol–water partition coefficient (Wildman–Crippen LogP) is 4.38. The van der Waals surface area contributed by atoms with Crippen molar-refractivity contribution in [1.82, 2.24) is 5.32 Å². The van der Waals surface area contributed by atoms with E-state index >= 15 is 0 Å². The fourth-order valence-electron chi connectivity index (χ4n) is 1.59. The fourth-order valence-corrected chi connectivity index (χ4v) is 1.78. The van der Waals surface area contributed by atoms with Crippen molar-refractivity contribution in [1.29, 1.82) is 0 Å². The Bertz CT molecular complexity index is 576. The van der Waals surface area contributed by atoms with E-state index in [0.29, 0.717) is 23.9 Å². The van der Waals surface area contributed by atoms with Crippen LogP contribution in [0.3, 0.4) is 0 Å². The summed E-state index contributed by atoms with van der Waals surface area (Å²) >= 11 is 6.05. The van der Waals surface area contributed by atoms with Crippen LogP contribution in [0.4, 0.5) is 0 Å². The van der Waals surface area contributed by atoms with Crippen molar-refractivity contribution >= 4 is 23.6 Å². The SMILES string of the molecule is CC(C)CNC(=O)C=CCCC#CC(Cl)=Cc1ccccc1. The largest absolute Gasteiger partial charge is 0.352 e. The van der Waals surface area contributed by atoms with Gasteiger partial charge in [0.25, 0.3) is 0 Å². The van der Waals surface area contributed by atoms with E-state index in [1.54, 1.807) is 6.08 Å². The minimum Gasteiger partial charge on any atom is -0.352 e. The van der Waals surface area contributed by atoms with Crippen molar-refractivity contribution in [3.8, 4) is 11.8 Å². The van der Waals surface area contributed by atoms with Crippen LogP contribution >= 0.6 is 11.6 Å². The zero-order valence-corrected chi connectivity index (χ0v) is 13.9. The lowest BCUT2D eigenvalue weighted by molar-refractivity contribution is -0.116. The topological polar surface area (TPSA) is 29.1 Å². The Kier molecular flexibility index (Phi) is 8.79. The Hall–Kier alpha value is -1.98. The zero-order chi connectivity index (χ0) is 16.2. The maximum atomic E-state index is 11.4. The van der Waals surface area contributed by atoms with Gasteiger partial charge < -0.3 is 5.32 Å². The summed E-state index contributed by atoms with van der Waals surface area (Å²) in [5.41, 5.74) is 1.03. The number of unbranched alkanes of at least 4 members (excludes halogenated alkanes) is 1. The molecule has 0 aromatic heterocycles. The Morgan fingerprint density at radius 2 is 2.05 bits per heavy atom. The van der Waals surface area contributed by atoms with Crippen LogP contribution in [0.15, 0.2) is 47.5 Å². The molecule has 1 N–H and O–H groups in total. The normalized spacial score (nSPS) is 11.4. The number of hydrogen-bond acceptors (Lipinski definition) is 1. The van der Waals surface area contributed by atoms with Crippen molar-refractivity contribution in [2.45, 2.75) is 26.7 Å². The third-order valence-corrected chi connectivity index (χ3v) is 2.89. The first-order valence-electron chi connectivity index (χ1n) is 7.43. The molecule has 0 aliphatic heterocycles. The summed E-state index contributed by atoms with van der Waals surface area (Å²) < 4.78 is 0. The summed E-state index contributed by atoms with van der Waals surface area (Å²) in [4.78, 5) is 11.4. The third kappa shape index (κ3) is 9.05. The van der Waals surface area contributed by atoms with Gasteiger partial charge in [0.1, 0.15) is 0 Å². The molecular formula is C19H22ClNO. The number of benzene rings is 1. The maximum absolute atomic E-state index is 11.4. The molecule has 1 aromatic carbocycles. The first-order valence-corrected chi connectivity index (χ1v) is 7.81. The van der Waals surface area contributed by atoms with Crippen LogP contribution in [0.2, 0.25) is 0 Å². The zero-order valence-electron chi connectivity index (χ0n) is 13.1. The van der Waals surface area contributed by atoms with E-state index in [1.165, 1.54) is 0 Å². The Morgan fingerprint density at radius 1 is 1.32 bits per heavy atom. The van der Waals surface area contributed by atoms with Gasteiger partial charge in [0, 0.05) is 13.0 Å². The van der Waals surface area contributed by atoms with Crippen molar-refractivity contribution in [3.63, 3.8) is 0 Å². The molecule has 0 unspecified atom stereocenters. The minimum atomic E-state index is -0.0522. The predicted molar refractivity (Wildman–Crippen MR) is 94.3 cm³/mol. The second-order valence-corrected chi connectivity index (χ2v) is 5.69. The van der Waals surface area contributed by atoms with E-state index in [0.717, 1.165) is 12.0 Å². The molecule has 0 aliphatic rings. The molecule has 0 heterocycles. The molecule has 1 amide bonds. The van der Waals surface area contributed by atoms with E-state index in [-0.39, 0.29) is 5.91 Å². The quantitative estimate of drug-likeness (QED) is 0.471.